The summed E-state index contributed by atoms with van der Waals surface area (Å²) in [5.41, 5.74) is 2.82. The quantitative estimate of drug-likeness (QED) is 0.187. The van der Waals surface area contributed by atoms with Crippen LogP contribution in [0.5, 0.6) is 0 Å². The number of nitrogens with zero attached hydrogens (tertiary/aromatic N) is 3. The van der Waals surface area contributed by atoms with Crippen molar-refractivity contribution in [1.82, 2.24) is 15.0 Å². The molecule has 0 fully saturated rings. The molecule has 0 saturated heterocycles. The number of fused-ring (bicyclic) bond motifs is 1. The van der Waals surface area contributed by atoms with Crippen LogP contribution < -0.4 is 5.32 Å². The van der Waals surface area contributed by atoms with Gasteiger partial charge in [0.25, 0.3) is 0 Å². The molecule has 7 nitrogen and oxygen atoms in total. The standard InChI is InChI=1S/C22H30N4O3.3HI.V/c1-15-24-13-18(14-25-15)17(12-21(28)29)6-3-2-4-8-20(27)19-10-9-16-7-5-11-23-22(16)26-19;;;;/h9-10,13-14,17,20,27H,2-8,11-12H2,1H3,(H,23,26)(H,28,29);3*1H;/q;;;;+3/p-3. The Morgan fingerprint density at radius 3 is 2.48 bits per heavy atom. The number of aryl methyl sites for hydroxylation is 2. The molecule has 3 N–H and O–H groups in total. The van der Waals surface area contributed by atoms with Crippen molar-refractivity contribution in [3.05, 3.63) is 47.2 Å². The number of aliphatic hydroxyl groups excluding tert-OH is 1. The van der Waals surface area contributed by atoms with Gasteiger partial charge in [-0.3, -0.25) is 4.79 Å². The number of carbonyl (C=O) groups is 1. The molecule has 2 unspecified atom stereocenters. The number of nitrogens with one attached hydrogen (secondary N) is 1. The number of hydrogen-bond acceptors (Lipinski definition) is 6. The van der Waals surface area contributed by atoms with E-state index in [0.29, 0.717) is 12.2 Å². The summed E-state index contributed by atoms with van der Waals surface area (Å²) in [7, 11) is 0. The number of aromatic nitrogens is 3. The van der Waals surface area contributed by atoms with Crippen molar-refractivity contribution >= 4 is 71.7 Å². The van der Waals surface area contributed by atoms with E-state index >= 15 is 0 Å². The van der Waals surface area contributed by atoms with Gasteiger partial charge >= 0.3 is 70.8 Å². The van der Waals surface area contributed by atoms with Gasteiger partial charge in [-0.1, -0.05) is 25.3 Å². The average Bonchev–Trinajstić information content (AvgIpc) is 2.77. The number of unbranched alkanes of at least 4 members (excludes halogenated alkanes) is 2. The molecular weight excluding hydrogens is 800 g/mol. The van der Waals surface area contributed by atoms with Gasteiger partial charge in [0.2, 0.25) is 0 Å². The van der Waals surface area contributed by atoms with Gasteiger partial charge in [-0.05, 0) is 55.7 Å². The number of pyridine rings is 1. The van der Waals surface area contributed by atoms with Crippen molar-refractivity contribution in [1.29, 1.82) is 0 Å². The molecule has 3 rings (SSSR count). The number of aliphatic carboxylic acids is 1. The third-order valence-corrected chi connectivity index (χ3v) is 5.48. The Hall–Kier alpha value is 0.234. The Morgan fingerprint density at radius 1 is 1.15 bits per heavy atom. The van der Waals surface area contributed by atoms with E-state index in [-0.39, 0.29) is 17.3 Å². The Balaban J connectivity index is 0.000000890. The fourth-order valence-electron chi connectivity index (χ4n) is 3.79. The minimum absolute atomic E-state index is 0.0774. The van der Waals surface area contributed by atoms with Gasteiger partial charge in [0.15, 0.2) is 0 Å². The molecule has 0 amide bonds. The summed E-state index contributed by atoms with van der Waals surface area (Å²) in [4.78, 5) is 23.9. The predicted octanol–water partition coefficient (Wildman–Crippen LogP) is 6.44. The molecule has 3 heterocycles. The van der Waals surface area contributed by atoms with E-state index < -0.39 is 12.1 Å². The molecule has 0 radical (unpaired) electrons. The molecule has 182 valence electrons. The first-order chi connectivity index (χ1) is 15.8. The van der Waals surface area contributed by atoms with Crippen molar-refractivity contribution < 1.29 is 19.9 Å². The third kappa shape index (κ3) is 11.7. The first-order valence-electron chi connectivity index (χ1n) is 11.0. The third-order valence-electron chi connectivity index (χ3n) is 5.48. The monoisotopic (exact) mass is 830 g/mol. The normalized spacial score (nSPS) is 14.5. The summed E-state index contributed by atoms with van der Waals surface area (Å²) >= 11 is 7.39. The number of rotatable bonds is 10. The van der Waals surface area contributed by atoms with Crippen LogP contribution >= 0.6 is 59.9 Å². The zero-order valence-corrected chi connectivity index (χ0v) is 26.4. The molecule has 11 heteroatoms. The maximum absolute atomic E-state index is 11.2. The van der Waals surface area contributed by atoms with E-state index in [0.717, 1.165) is 62.1 Å². The Kier molecular flexibility index (Phi) is 14.4. The van der Waals surface area contributed by atoms with Crippen molar-refractivity contribution in [2.75, 3.05) is 11.9 Å². The van der Waals surface area contributed by atoms with E-state index in [9.17, 15) is 15.0 Å². The van der Waals surface area contributed by atoms with Gasteiger partial charge in [-0.25, -0.2) is 15.0 Å². The number of hydrogen-bond donors (Lipinski definition) is 3. The average molecular weight is 830 g/mol. The summed E-state index contributed by atoms with van der Waals surface area (Å²) in [6, 6.07) is 3.99. The van der Waals surface area contributed by atoms with E-state index in [4.69, 9.17) is 0 Å². The predicted molar refractivity (Wildman–Crippen MR) is 153 cm³/mol. The van der Waals surface area contributed by atoms with Crippen molar-refractivity contribution in [3.8, 4) is 0 Å². The summed E-state index contributed by atoms with van der Waals surface area (Å²) in [6.45, 7) is 2.75. The van der Waals surface area contributed by atoms with Crippen molar-refractivity contribution in [2.45, 2.75) is 70.3 Å². The van der Waals surface area contributed by atoms with Crippen LogP contribution in [0.15, 0.2) is 24.5 Å². The number of carboxylic acids is 1. The van der Waals surface area contributed by atoms with Gasteiger partial charge in [0.1, 0.15) is 11.6 Å². The summed E-state index contributed by atoms with van der Waals surface area (Å²) in [5, 5.41) is 23.0. The first-order valence-corrected chi connectivity index (χ1v) is 24.5. The topological polar surface area (TPSA) is 108 Å². The van der Waals surface area contributed by atoms with Crippen molar-refractivity contribution in [3.63, 3.8) is 0 Å². The Morgan fingerprint density at radius 2 is 1.82 bits per heavy atom. The fourth-order valence-corrected chi connectivity index (χ4v) is 3.79. The van der Waals surface area contributed by atoms with E-state index in [2.05, 4.69) is 86.3 Å². The molecule has 2 atom stereocenters. The van der Waals surface area contributed by atoms with Gasteiger partial charge in [0, 0.05) is 18.9 Å². The Bertz CT molecular complexity index is 872. The summed E-state index contributed by atoms with van der Waals surface area (Å²) in [5.74, 6) is 0.705. The van der Waals surface area contributed by atoms with Crippen LogP contribution in [0.2, 0.25) is 0 Å². The van der Waals surface area contributed by atoms with E-state index in [1.54, 1.807) is 12.4 Å². The molecule has 1 aliphatic rings. The second-order valence-corrected chi connectivity index (χ2v) is 43.3. The van der Waals surface area contributed by atoms with Crippen LogP contribution in [0, 0.1) is 6.92 Å². The molecule has 0 bridgehead atoms. The van der Waals surface area contributed by atoms with Crippen LogP contribution in [0.25, 0.3) is 0 Å². The molecule has 0 aromatic carbocycles. The van der Waals surface area contributed by atoms with Crippen LogP contribution in [-0.4, -0.2) is 37.7 Å². The second kappa shape index (κ2) is 16.1. The molecule has 0 saturated carbocycles. The number of halogens is 3. The van der Waals surface area contributed by atoms with Gasteiger partial charge < -0.3 is 15.5 Å². The molecule has 33 heavy (non-hydrogen) atoms. The van der Waals surface area contributed by atoms with Crippen LogP contribution in [-0.2, 0) is 16.1 Å². The second-order valence-electron chi connectivity index (χ2n) is 7.98. The fraction of sp³-hybridized carbons (Fsp3) is 0.545. The summed E-state index contributed by atoms with van der Waals surface area (Å²) in [6.07, 6.45) is 9.27. The first kappa shape index (κ1) is 29.5. The number of aliphatic hydroxyl groups is 1. The van der Waals surface area contributed by atoms with Gasteiger partial charge in [0.05, 0.1) is 18.2 Å². The molecule has 1 aliphatic heterocycles. The maximum atomic E-state index is 11.2. The van der Waals surface area contributed by atoms with Crippen LogP contribution in [0.1, 0.15) is 79.6 Å². The summed E-state index contributed by atoms with van der Waals surface area (Å²) < 4.78 is 0. The number of carboxylic acid groups (broad SMARTS) is 1. The van der Waals surface area contributed by atoms with Crippen LogP contribution in [0.4, 0.5) is 5.82 Å². The number of anilines is 1. The molecule has 2 aromatic rings. The van der Waals surface area contributed by atoms with E-state index in [1.165, 1.54) is 5.56 Å². The van der Waals surface area contributed by atoms with Gasteiger partial charge in [-0.15, -0.1) is 0 Å². The Labute approximate surface area is 233 Å². The molecular formula is C22H30I3N4O3V. The molecule has 0 aliphatic carbocycles. The van der Waals surface area contributed by atoms with Gasteiger partial charge in [-0.2, -0.15) is 0 Å². The van der Waals surface area contributed by atoms with E-state index in [1.807, 2.05) is 13.0 Å². The molecule has 0 spiro atoms. The zero-order valence-electron chi connectivity index (χ0n) is 18.6. The minimum atomic E-state index is -0.807. The van der Waals surface area contributed by atoms with Crippen LogP contribution in [0.3, 0.4) is 0 Å². The SMILES string of the molecule is Cc1ncc(C(CCCCCC(O)c2ccc3c(n2)NCCC3)CC(=O)O)cn1.[I][V]([I])[I]. The zero-order chi connectivity index (χ0) is 24.2. The van der Waals surface area contributed by atoms with Crippen molar-refractivity contribution in [2.24, 2.45) is 0 Å². The molecule has 2 aromatic heterocycles.